The van der Waals surface area contributed by atoms with Gasteiger partial charge in [-0.15, -0.1) is 0 Å². The molecule has 26 heavy (non-hydrogen) atoms. The third-order valence-corrected chi connectivity index (χ3v) is 5.63. The fraction of sp³-hybridized carbons (Fsp3) is 0.588. The average molecular weight is 457 g/mol. The SMILES string of the molecule is [2H]CN([C@@H](CC(C)C)C(=O)OC(C)(C)C)S(=O)(=O)c1cc(Br)c(F)cc1F. The molecule has 0 N–H and O–H groups in total. The molecule has 0 saturated carbocycles. The molecule has 148 valence electrons. The van der Waals surface area contributed by atoms with E-state index in [1.165, 1.54) is 0 Å². The number of ether oxygens (including phenoxy) is 1. The third-order valence-electron chi connectivity index (χ3n) is 3.28. The predicted octanol–water partition coefficient (Wildman–Crippen LogP) is 4.10. The van der Waals surface area contributed by atoms with E-state index < -0.39 is 51.2 Å². The van der Waals surface area contributed by atoms with Crippen LogP contribution >= 0.6 is 15.9 Å². The number of sulfonamides is 1. The molecule has 0 aliphatic rings. The first-order chi connectivity index (χ1) is 12.2. The Hall–Kier alpha value is -1.06. The highest BCUT2D eigenvalue weighted by Crippen LogP contribution is 2.28. The fourth-order valence-electron chi connectivity index (χ4n) is 2.14. The number of carbonyl (C=O) groups is 1. The smallest absolute Gasteiger partial charge is 0.324 e. The van der Waals surface area contributed by atoms with E-state index >= 15 is 0 Å². The van der Waals surface area contributed by atoms with Crippen LogP contribution in [0.1, 0.15) is 42.4 Å². The van der Waals surface area contributed by atoms with Crippen molar-refractivity contribution in [2.75, 3.05) is 7.02 Å². The monoisotopic (exact) mass is 456 g/mol. The Balaban J connectivity index is 3.45. The molecule has 0 unspecified atom stereocenters. The number of nitrogens with zero attached hydrogens (tertiary/aromatic N) is 1. The molecule has 0 aliphatic carbocycles. The van der Waals surface area contributed by atoms with Crippen LogP contribution in [-0.2, 0) is 19.6 Å². The van der Waals surface area contributed by atoms with E-state index in [1.807, 2.05) is 0 Å². The maximum Gasteiger partial charge on any atom is 0.324 e. The van der Waals surface area contributed by atoms with Gasteiger partial charge in [0.2, 0.25) is 10.0 Å². The Morgan fingerprint density at radius 1 is 1.31 bits per heavy atom. The highest BCUT2D eigenvalue weighted by molar-refractivity contribution is 9.10. The normalized spacial score (nSPS) is 14.5. The summed E-state index contributed by atoms with van der Waals surface area (Å²) in [5, 5.41) is 0. The first-order valence-electron chi connectivity index (χ1n) is 8.60. The van der Waals surface area contributed by atoms with E-state index in [1.54, 1.807) is 34.6 Å². The van der Waals surface area contributed by atoms with Gasteiger partial charge in [-0.1, -0.05) is 13.8 Å². The zero-order chi connectivity index (χ0) is 21.2. The molecule has 0 spiro atoms. The average Bonchev–Trinajstić information content (AvgIpc) is 2.48. The number of carbonyl (C=O) groups excluding carboxylic acids is 1. The van der Waals surface area contributed by atoms with Gasteiger partial charge in [0.15, 0.2) is 0 Å². The Bertz CT molecular complexity index is 797. The van der Waals surface area contributed by atoms with Crippen molar-refractivity contribution in [1.82, 2.24) is 4.31 Å². The molecular formula is C17H24BrF2NO4S. The highest BCUT2D eigenvalue weighted by atomic mass is 79.9. The number of halogens is 3. The minimum atomic E-state index is -4.59. The number of benzene rings is 1. The molecule has 9 heteroatoms. The van der Waals surface area contributed by atoms with Crippen molar-refractivity contribution in [3.05, 3.63) is 28.2 Å². The Kier molecular flexibility index (Phi) is 6.79. The van der Waals surface area contributed by atoms with Crippen molar-refractivity contribution in [3.8, 4) is 0 Å². The van der Waals surface area contributed by atoms with Crippen LogP contribution in [0.5, 0.6) is 0 Å². The summed E-state index contributed by atoms with van der Waals surface area (Å²) in [6.07, 6.45) is 0.0804. The van der Waals surface area contributed by atoms with E-state index in [0.717, 1.165) is 6.07 Å². The van der Waals surface area contributed by atoms with Crippen molar-refractivity contribution in [1.29, 1.82) is 0 Å². The van der Waals surface area contributed by atoms with Crippen LogP contribution in [0, 0.1) is 17.6 Å². The molecule has 0 saturated heterocycles. The van der Waals surface area contributed by atoms with Gasteiger partial charge in [-0.3, -0.25) is 4.79 Å². The molecule has 1 atom stereocenters. The summed E-state index contributed by atoms with van der Waals surface area (Å²) in [6, 6.07) is -0.0938. The van der Waals surface area contributed by atoms with E-state index in [2.05, 4.69) is 15.9 Å². The molecule has 0 aliphatic heterocycles. The Morgan fingerprint density at radius 2 is 1.88 bits per heavy atom. The summed E-state index contributed by atoms with van der Waals surface area (Å²) in [5.41, 5.74) is -0.867. The molecule has 1 aromatic carbocycles. The van der Waals surface area contributed by atoms with Crippen LogP contribution in [0.4, 0.5) is 8.78 Å². The van der Waals surface area contributed by atoms with Crippen LogP contribution in [0.2, 0.25) is 0 Å². The number of rotatable bonds is 6. The highest BCUT2D eigenvalue weighted by Gasteiger charge is 2.37. The summed E-state index contributed by atoms with van der Waals surface area (Å²) in [7, 11) is -5.42. The molecular weight excluding hydrogens is 432 g/mol. The van der Waals surface area contributed by atoms with Gasteiger partial charge in [-0.2, -0.15) is 4.31 Å². The lowest BCUT2D eigenvalue weighted by Crippen LogP contribution is -2.46. The molecule has 0 fully saturated rings. The van der Waals surface area contributed by atoms with Crippen molar-refractivity contribution < 1.29 is 28.1 Å². The van der Waals surface area contributed by atoms with E-state index in [4.69, 9.17) is 6.11 Å². The minimum Gasteiger partial charge on any atom is -0.459 e. The fourth-order valence-corrected chi connectivity index (χ4v) is 3.97. The molecule has 0 bridgehead atoms. The van der Waals surface area contributed by atoms with Gasteiger partial charge in [0.1, 0.15) is 28.2 Å². The zero-order valence-corrected chi connectivity index (χ0v) is 17.7. The Labute approximate surface area is 163 Å². The van der Waals surface area contributed by atoms with E-state index in [0.29, 0.717) is 10.4 Å². The maximum absolute atomic E-state index is 14.2. The van der Waals surface area contributed by atoms with Crippen molar-refractivity contribution in [2.24, 2.45) is 5.92 Å². The van der Waals surface area contributed by atoms with Crippen LogP contribution in [0.25, 0.3) is 0 Å². The summed E-state index contributed by atoms with van der Waals surface area (Å²) in [4.78, 5) is 11.8. The minimum absolute atomic E-state index is 0.0804. The molecule has 0 radical (unpaired) electrons. The number of hydrogen-bond acceptors (Lipinski definition) is 4. The molecule has 1 rings (SSSR count). The van der Waals surface area contributed by atoms with Crippen LogP contribution in [-0.4, -0.2) is 37.4 Å². The van der Waals surface area contributed by atoms with Crippen LogP contribution in [0.15, 0.2) is 21.5 Å². The third kappa shape index (κ3) is 5.72. The standard InChI is InChI=1S/C17H24BrF2NO4S/c1-10(2)7-14(16(22)25-17(3,4)5)21(6)26(23,24)15-8-11(18)12(19)9-13(15)20/h8-10,14H,7H2,1-6H3/t14-/m0/s1/i6D. The molecule has 1 aromatic rings. The van der Waals surface area contributed by atoms with Crippen molar-refractivity contribution >= 4 is 31.9 Å². The van der Waals surface area contributed by atoms with Gasteiger partial charge in [-0.25, -0.2) is 17.2 Å². The summed E-state index contributed by atoms with van der Waals surface area (Å²) >= 11 is 2.83. The number of hydrogen-bond donors (Lipinski definition) is 0. The second-order valence-corrected chi connectivity index (χ2v) is 9.98. The number of likely N-dealkylation sites (N-methyl/N-ethyl adjacent to an activating group) is 1. The maximum atomic E-state index is 14.2. The predicted molar refractivity (Wildman–Crippen MR) is 98.1 cm³/mol. The van der Waals surface area contributed by atoms with Gasteiger partial charge >= 0.3 is 5.97 Å². The summed E-state index contributed by atoms with van der Waals surface area (Å²) in [5.74, 6) is -3.19. The van der Waals surface area contributed by atoms with Crippen LogP contribution < -0.4 is 0 Å². The van der Waals surface area contributed by atoms with Gasteiger partial charge in [0.05, 0.1) is 4.47 Å². The first kappa shape index (κ1) is 21.2. The quantitative estimate of drug-likeness (QED) is 0.477. The lowest BCUT2D eigenvalue weighted by molar-refractivity contribution is -0.159. The second kappa shape index (κ2) is 8.31. The Morgan fingerprint density at radius 3 is 2.35 bits per heavy atom. The van der Waals surface area contributed by atoms with Gasteiger partial charge in [0.25, 0.3) is 0 Å². The molecule has 5 nitrogen and oxygen atoms in total. The molecule has 0 amide bonds. The topological polar surface area (TPSA) is 63.7 Å². The van der Waals surface area contributed by atoms with Gasteiger partial charge in [0, 0.05) is 14.5 Å². The van der Waals surface area contributed by atoms with Crippen LogP contribution in [0.3, 0.4) is 0 Å². The van der Waals surface area contributed by atoms with Gasteiger partial charge in [-0.05, 0) is 55.1 Å². The zero-order valence-electron chi connectivity index (χ0n) is 16.3. The van der Waals surface area contributed by atoms with Gasteiger partial charge < -0.3 is 4.74 Å². The summed E-state index contributed by atoms with van der Waals surface area (Å²) < 4.78 is 66.8. The van der Waals surface area contributed by atoms with Crippen molar-refractivity contribution in [2.45, 2.75) is 57.6 Å². The largest absolute Gasteiger partial charge is 0.459 e. The molecule has 0 heterocycles. The first-order valence-corrected chi connectivity index (χ1v) is 10.1. The second-order valence-electron chi connectivity index (χ2n) is 7.27. The number of esters is 1. The lowest BCUT2D eigenvalue weighted by atomic mass is 10.0. The lowest BCUT2D eigenvalue weighted by Gasteiger charge is -2.30. The summed E-state index contributed by atoms with van der Waals surface area (Å²) in [6.45, 7) is 8.46. The van der Waals surface area contributed by atoms with Crippen molar-refractivity contribution in [3.63, 3.8) is 0 Å². The van der Waals surface area contributed by atoms with E-state index in [9.17, 15) is 22.0 Å². The van der Waals surface area contributed by atoms with E-state index in [-0.39, 0.29) is 16.8 Å². The molecule has 0 aromatic heterocycles.